The normalized spacial score (nSPS) is 21.7. The van der Waals surface area contributed by atoms with Crippen molar-refractivity contribution in [2.24, 2.45) is 5.92 Å². The first-order valence-electron chi connectivity index (χ1n) is 10.1. The molecule has 8 nitrogen and oxygen atoms in total. The maximum Gasteiger partial charge on any atom is 0.307 e. The van der Waals surface area contributed by atoms with E-state index >= 15 is 0 Å². The first-order chi connectivity index (χ1) is 14.9. The zero-order valence-electron chi connectivity index (χ0n) is 16.8. The van der Waals surface area contributed by atoms with E-state index in [9.17, 15) is 19.7 Å². The quantitative estimate of drug-likeness (QED) is 0.400. The predicted octanol–water partition coefficient (Wildman–Crippen LogP) is 3.20. The predicted molar refractivity (Wildman–Crippen MR) is 113 cm³/mol. The van der Waals surface area contributed by atoms with E-state index in [0.717, 1.165) is 25.2 Å². The largest absolute Gasteiger partial charge is 0.457 e. The molecule has 1 amide bonds. The maximum atomic E-state index is 13.2. The van der Waals surface area contributed by atoms with Crippen LogP contribution in [0.3, 0.4) is 0 Å². The fraction of sp³-hybridized carbons (Fsp3) is 0.364. The molecule has 0 aromatic heterocycles. The molecule has 162 valence electrons. The number of ether oxygens (including phenoxy) is 1. The molecule has 0 spiro atoms. The van der Waals surface area contributed by atoms with Crippen molar-refractivity contribution in [3.63, 3.8) is 0 Å². The SMILES string of the molecule is O=C1C[C@H](C(=O)N2CCN(Cc3ccc(Cl)cc3)CC2)C(c2ccc([N+](=O)[O-])cc2)O1. The number of rotatable bonds is 5. The third kappa shape index (κ3) is 4.86. The van der Waals surface area contributed by atoms with E-state index in [1.165, 1.54) is 12.1 Å². The van der Waals surface area contributed by atoms with Crippen LogP contribution in [0.4, 0.5) is 5.69 Å². The van der Waals surface area contributed by atoms with Gasteiger partial charge in [0.05, 0.1) is 17.3 Å². The van der Waals surface area contributed by atoms with E-state index in [-0.39, 0.29) is 18.0 Å². The monoisotopic (exact) mass is 443 g/mol. The summed E-state index contributed by atoms with van der Waals surface area (Å²) in [5.41, 5.74) is 1.71. The van der Waals surface area contributed by atoms with E-state index in [0.29, 0.717) is 23.7 Å². The van der Waals surface area contributed by atoms with Crippen molar-refractivity contribution in [2.75, 3.05) is 26.2 Å². The highest BCUT2D eigenvalue weighted by molar-refractivity contribution is 6.30. The van der Waals surface area contributed by atoms with Crippen LogP contribution in [-0.4, -0.2) is 52.8 Å². The van der Waals surface area contributed by atoms with E-state index in [2.05, 4.69) is 4.90 Å². The summed E-state index contributed by atoms with van der Waals surface area (Å²) in [6.45, 7) is 3.40. The molecule has 2 fully saturated rings. The average molecular weight is 444 g/mol. The molecule has 0 bridgehead atoms. The number of halogens is 1. The molecule has 2 heterocycles. The lowest BCUT2D eigenvalue weighted by Gasteiger charge is -2.36. The molecule has 31 heavy (non-hydrogen) atoms. The van der Waals surface area contributed by atoms with Gasteiger partial charge in [-0.05, 0) is 35.4 Å². The summed E-state index contributed by atoms with van der Waals surface area (Å²) in [6, 6.07) is 13.5. The lowest BCUT2D eigenvalue weighted by atomic mass is 9.93. The van der Waals surface area contributed by atoms with Crippen LogP contribution in [0.5, 0.6) is 0 Å². The number of cyclic esters (lactones) is 1. The lowest BCUT2D eigenvalue weighted by Crippen LogP contribution is -2.50. The zero-order valence-corrected chi connectivity index (χ0v) is 17.5. The fourth-order valence-corrected chi connectivity index (χ4v) is 4.20. The highest BCUT2D eigenvalue weighted by atomic mass is 35.5. The van der Waals surface area contributed by atoms with Gasteiger partial charge < -0.3 is 9.64 Å². The van der Waals surface area contributed by atoms with Gasteiger partial charge in [0.15, 0.2) is 0 Å². The molecular weight excluding hydrogens is 422 g/mol. The number of hydrogen-bond acceptors (Lipinski definition) is 6. The molecule has 2 aromatic carbocycles. The molecule has 2 aliphatic heterocycles. The molecule has 0 radical (unpaired) electrons. The van der Waals surface area contributed by atoms with E-state index in [4.69, 9.17) is 16.3 Å². The summed E-state index contributed by atoms with van der Waals surface area (Å²) in [6.07, 6.45) is -0.696. The van der Waals surface area contributed by atoms with Crippen LogP contribution in [0, 0.1) is 16.0 Å². The van der Waals surface area contributed by atoms with E-state index in [1.807, 2.05) is 24.3 Å². The lowest BCUT2D eigenvalue weighted by molar-refractivity contribution is -0.384. The third-order valence-electron chi connectivity index (χ3n) is 5.76. The minimum Gasteiger partial charge on any atom is -0.457 e. The molecule has 4 rings (SSSR count). The summed E-state index contributed by atoms with van der Waals surface area (Å²) < 4.78 is 5.40. The smallest absolute Gasteiger partial charge is 0.307 e. The number of piperazine rings is 1. The number of benzene rings is 2. The zero-order chi connectivity index (χ0) is 22.0. The number of carbonyl (C=O) groups is 2. The van der Waals surface area contributed by atoms with Crippen molar-refractivity contribution < 1.29 is 19.2 Å². The summed E-state index contributed by atoms with van der Waals surface area (Å²) in [5, 5.41) is 11.6. The third-order valence-corrected chi connectivity index (χ3v) is 6.02. The molecule has 2 aliphatic rings. The average Bonchev–Trinajstić information content (AvgIpc) is 3.17. The molecular formula is C22H22ClN3O5. The summed E-state index contributed by atoms with van der Waals surface area (Å²) in [5.74, 6) is -1.15. The highest BCUT2D eigenvalue weighted by Gasteiger charge is 2.43. The maximum absolute atomic E-state index is 13.2. The number of hydrogen-bond donors (Lipinski definition) is 0. The Morgan fingerprint density at radius 2 is 1.71 bits per heavy atom. The van der Waals surface area contributed by atoms with Crippen LogP contribution in [0.25, 0.3) is 0 Å². The van der Waals surface area contributed by atoms with Crippen LogP contribution in [0.2, 0.25) is 5.02 Å². The Kier molecular flexibility index (Phi) is 6.20. The van der Waals surface area contributed by atoms with Crippen molar-refractivity contribution >= 4 is 29.2 Å². The van der Waals surface area contributed by atoms with Crippen molar-refractivity contribution in [3.8, 4) is 0 Å². The Hall–Kier alpha value is -2.97. The van der Waals surface area contributed by atoms with Gasteiger partial charge in [-0.3, -0.25) is 24.6 Å². The first kappa shape index (κ1) is 21.3. The molecule has 2 aromatic rings. The Balaban J connectivity index is 1.38. The minimum atomic E-state index is -0.715. The first-order valence-corrected chi connectivity index (χ1v) is 10.5. The molecule has 2 saturated heterocycles. The molecule has 0 saturated carbocycles. The number of non-ortho nitro benzene ring substituents is 1. The Morgan fingerprint density at radius 3 is 2.32 bits per heavy atom. The van der Waals surface area contributed by atoms with Gasteiger partial charge in [-0.1, -0.05) is 23.7 Å². The summed E-state index contributed by atoms with van der Waals surface area (Å²) >= 11 is 5.94. The Labute approximate surface area is 184 Å². The fourth-order valence-electron chi connectivity index (χ4n) is 4.07. The van der Waals surface area contributed by atoms with Crippen LogP contribution in [0.1, 0.15) is 23.7 Å². The number of nitro groups is 1. The number of carbonyl (C=O) groups excluding carboxylic acids is 2. The van der Waals surface area contributed by atoms with Gasteiger partial charge in [0.2, 0.25) is 5.91 Å². The van der Waals surface area contributed by atoms with Crippen LogP contribution in [-0.2, 0) is 20.9 Å². The second kappa shape index (κ2) is 9.03. The molecule has 0 aliphatic carbocycles. The summed E-state index contributed by atoms with van der Waals surface area (Å²) in [4.78, 5) is 39.6. The van der Waals surface area contributed by atoms with Crippen molar-refractivity contribution in [1.82, 2.24) is 9.80 Å². The number of amides is 1. The summed E-state index contributed by atoms with van der Waals surface area (Å²) in [7, 11) is 0. The van der Waals surface area contributed by atoms with E-state index < -0.39 is 22.9 Å². The van der Waals surface area contributed by atoms with Gasteiger partial charge in [-0.2, -0.15) is 0 Å². The Bertz CT molecular complexity index is 972. The minimum absolute atomic E-state index is 0.0193. The molecule has 9 heteroatoms. The van der Waals surface area contributed by atoms with Gasteiger partial charge >= 0.3 is 5.97 Å². The van der Waals surface area contributed by atoms with Gasteiger partial charge in [0.25, 0.3) is 5.69 Å². The van der Waals surface area contributed by atoms with Crippen molar-refractivity contribution in [2.45, 2.75) is 19.1 Å². The molecule has 0 N–H and O–H groups in total. The van der Waals surface area contributed by atoms with Gasteiger partial charge in [0, 0.05) is 49.9 Å². The molecule has 1 unspecified atom stereocenters. The van der Waals surface area contributed by atoms with Crippen molar-refractivity contribution in [1.29, 1.82) is 0 Å². The van der Waals surface area contributed by atoms with Gasteiger partial charge in [0.1, 0.15) is 6.10 Å². The van der Waals surface area contributed by atoms with Crippen LogP contribution < -0.4 is 0 Å². The van der Waals surface area contributed by atoms with Gasteiger partial charge in [-0.15, -0.1) is 0 Å². The highest BCUT2D eigenvalue weighted by Crippen LogP contribution is 2.37. The van der Waals surface area contributed by atoms with Crippen molar-refractivity contribution in [3.05, 3.63) is 74.8 Å². The number of nitrogens with zero attached hydrogens (tertiary/aromatic N) is 3. The topological polar surface area (TPSA) is 93.0 Å². The standard InChI is InChI=1S/C22H22ClN3O5/c23-17-5-1-15(2-6-17)14-24-9-11-25(12-10-24)22(28)19-13-20(27)31-21(19)16-3-7-18(8-4-16)26(29)30/h1-8,19,21H,9-14H2/t19-,21?/m0/s1. The van der Waals surface area contributed by atoms with Crippen LogP contribution >= 0.6 is 11.6 Å². The van der Waals surface area contributed by atoms with Crippen LogP contribution in [0.15, 0.2) is 48.5 Å². The number of esters is 1. The number of nitro benzene ring substituents is 1. The van der Waals surface area contributed by atoms with Gasteiger partial charge in [-0.25, -0.2) is 0 Å². The second-order valence-corrected chi connectivity index (χ2v) is 8.23. The molecule has 2 atom stereocenters. The second-order valence-electron chi connectivity index (χ2n) is 7.80. The Morgan fingerprint density at radius 1 is 1.06 bits per heavy atom. The van der Waals surface area contributed by atoms with E-state index in [1.54, 1.807) is 17.0 Å².